The number of thiophene rings is 1. The maximum absolute atomic E-state index is 5.16. The molecule has 0 N–H and O–H groups in total. The highest BCUT2D eigenvalue weighted by Gasteiger charge is 2.05. The first-order valence-electron chi connectivity index (χ1n) is 5.44. The lowest BCUT2D eigenvalue weighted by molar-refractivity contribution is 0.412. The highest BCUT2D eigenvalue weighted by molar-refractivity contribution is 7.13. The normalized spacial score (nSPS) is 10.5. The van der Waals surface area contributed by atoms with Crippen LogP contribution in [0.2, 0.25) is 0 Å². The minimum Gasteiger partial charge on any atom is -0.495 e. The van der Waals surface area contributed by atoms with E-state index in [2.05, 4.69) is 16.0 Å². The molecular formula is C13H11N3OS. The summed E-state index contributed by atoms with van der Waals surface area (Å²) in [6.07, 6.45) is 7.23. The summed E-state index contributed by atoms with van der Waals surface area (Å²) < 4.78 is 7.10. The van der Waals surface area contributed by atoms with Crippen LogP contribution in [0.15, 0.2) is 48.5 Å². The van der Waals surface area contributed by atoms with Gasteiger partial charge < -0.3 is 9.30 Å². The number of hydrogen-bond acceptors (Lipinski definition) is 4. The third-order valence-electron chi connectivity index (χ3n) is 2.59. The summed E-state index contributed by atoms with van der Waals surface area (Å²) in [7, 11) is 1.63. The highest BCUT2D eigenvalue weighted by atomic mass is 32.1. The molecule has 0 aliphatic carbocycles. The van der Waals surface area contributed by atoms with Gasteiger partial charge in [0.15, 0.2) is 0 Å². The van der Waals surface area contributed by atoms with E-state index in [1.54, 1.807) is 37.2 Å². The van der Waals surface area contributed by atoms with Gasteiger partial charge in [0.05, 0.1) is 42.1 Å². The van der Waals surface area contributed by atoms with Gasteiger partial charge in [-0.3, -0.25) is 4.98 Å². The first kappa shape index (κ1) is 11.0. The van der Waals surface area contributed by atoms with Crippen LogP contribution in [0.1, 0.15) is 0 Å². The molecule has 3 aromatic heterocycles. The van der Waals surface area contributed by atoms with Crippen LogP contribution < -0.4 is 4.74 Å². The Morgan fingerprint density at radius 2 is 2.28 bits per heavy atom. The molecule has 0 amide bonds. The number of rotatable bonds is 3. The van der Waals surface area contributed by atoms with Crippen molar-refractivity contribution in [3.05, 3.63) is 48.5 Å². The van der Waals surface area contributed by atoms with Gasteiger partial charge in [0.2, 0.25) is 0 Å². The van der Waals surface area contributed by atoms with Crippen molar-refractivity contribution in [3.8, 4) is 22.0 Å². The molecule has 0 bridgehead atoms. The number of hydrogen-bond donors (Lipinski definition) is 0. The lowest BCUT2D eigenvalue weighted by Gasteiger charge is -2.03. The van der Waals surface area contributed by atoms with Crippen LogP contribution in [-0.2, 0) is 0 Å². The molecule has 0 saturated heterocycles. The molecule has 0 unspecified atom stereocenters. The lowest BCUT2D eigenvalue weighted by atomic mass is 10.3. The average Bonchev–Trinajstić information content (AvgIpc) is 3.09. The van der Waals surface area contributed by atoms with Gasteiger partial charge in [0, 0.05) is 12.3 Å². The first-order chi connectivity index (χ1) is 8.86. The van der Waals surface area contributed by atoms with Crippen molar-refractivity contribution in [2.45, 2.75) is 0 Å². The van der Waals surface area contributed by atoms with Gasteiger partial charge in [0.25, 0.3) is 0 Å². The molecule has 18 heavy (non-hydrogen) atoms. The maximum atomic E-state index is 5.16. The van der Waals surface area contributed by atoms with Crippen molar-refractivity contribution in [1.82, 2.24) is 14.5 Å². The van der Waals surface area contributed by atoms with Crippen LogP contribution in [0.3, 0.4) is 0 Å². The van der Waals surface area contributed by atoms with Crippen molar-refractivity contribution in [1.29, 1.82) is 0 Å². The molecule has 0 saturated carbocycles. The predicted molar refractivity (Wildman–Crippen MR) is 71.2 cm³/mol. The number of imidazole rings is 1. The fourth-order valence-electron chi connectivity index (χ4n) is 1.68. The second-order valence-electron chi connectivity index (χ2n) is 3.73. The zero-order valence-corrected chi connectivity index (χ0v) is 10.6. The molecule has 4 nitrogen and oxygen atoms in total. The zero-order valence-electron chi connectivity index (χ0n) is 9.78. The Morgan fingerprint density at radius 3 is 3.06 bits per heavy atom. The predicted octanol–water partition coefficient (Wildman–Crippen LogP) is 3.00. The van der Waals surface area contributed by atoms with E-state index in [1.807, 2.05) is 28.3 Å². The molecule has 90 valence electrons. The van der Waals surface area contributed by atoms with Crippen LogP contribution in [0.5, 0.6) is 5.75 Å². The van der Waals surface area contributed by atoms with Crippen LogP contribution in [-0.4, -0.2) is 21.6 Å². The standard InChI is InChI=1S/C13H11N3OS/c1-17-11-5-10(6-14-7-11)16-8-12(15-9-16)13-3-2-4-18-13/h2-9H,1H3. The molecule has 0 atom stereocenters. The molecule has 0 aromatic carbocycles. The van der Waals surface area contributed by atoms with Gasteiger partial charge in [-0.1, -0.05) is 6.07 Å². The molecular weight excluding hydrogens is 246 g/mol. The average molecular weight is 257 g/mol. The third-order valence-corrected chi connectivity index (χ3v) is 3.48. The molecule has 5 heteroatoms. The SMILES string of the molecule is COc1cncc(-n2cnc(-c3cccs3)c2)c1. The number of methoxy groups -OCH3 is 1. The minimum atomic E-state index is 0.735. The van der Waals surface area contributed by atoms with E-state index in [-0.39, 0.29) is 0 Å². The van der Waals surface area contributed by atoms with Crippen molar-refractivity contribution in [2.24, 2.45) is 0 Å². The van der Waals surface area contributed by atoms with Gasteiger partial charge in [-0.15, -0.1) is 11.3 Å². The fraction of sp³-hybridized carbons (Fsp3) is 0.0769. The monoisotopic (exact) mass is 257 g/mol. The Labute approximate surface area is 109 Å². The summed E-state index contributed by atoms with van der Waals surface area (Å²) in [5.74, 6) is 0.735. The highest BCUT2D eigenvalue weighted by Crippen LogP contribution is 2.24. The van der Waals surface area contributed by atoms with E-state index in [1.165, 1.54) is 0 Å². The maximum Gasteiger partial charge on any atom is 0.139 e. The molecule has 0 radical (unpaired) electrons. The van der Waals surface area contributed by atoms with E-state index in [9.17, 15) is 0 Å². The summed E-state index contributed by atoms with van der Waals surface area (Å²) in [6, 6.07) is 6.00. The van der Waals surface area contributed by atoms with E-state index in [0.29, 0.717) is 0 Å². The second kappa shape index (κ2) is 4.62. The Hall–Kier alpha value is -2.14. The third kappa shape index (κ3) is 2.00. The molecule has 3 heterocycles. The molecule has 0 spiro atoms. The van der Waals surface area contributed by atoms with Crippen molar-refractivity contribution in [2.75, 3.05) is 7.11 Å². The van der Waals surface area contributed by atoms with E-state index >= 15 is 0 Å². The first-order valence-corrected chi connectivity index (χ1v) is 6.32. The zero-order chi connectivity index (χ0) is 12.4. The summed E-state index contributed by atoms with van der Waals surface area (Å²) in [6.45, 7) is 0. The largest absolute Gasteiger partial charge is 0.495 e. The van der Waals surface area contributed by atoms with E-state index < -0.39 is 0 Å². The number of nitrogens with zero attached hydrogens (tertiary/aromatic N) is 3. The topological polar surface area (TPSA) is 39.9 Å². The van der Waals surface area contributed by atoms with Crippen LogP contribution in [0.4, 0.5) is 0 Å². The Morgan fingerprint density at radius 1 is 1.33 bits per heavy atom. The van der Waals surface area contributed by atoms with Crippen molar-refractivity contribution < 1.29 is 4.74 Å². The summed E-state index contributed by atoms with van der Waals surface area (Å²) in [5.41, 5.74) is 1.90. The summed E-state index contributed by atoms with van der Waals surface area (Å²) in [5, 5.41) is 2.04. The van der Waals surface area contributed by atoms with Gasteiger partial charge in [-0.25, -0.2) is 4.98 Å². The molecule has 3 aromatic rings. The number of ether oxygens (including phenoxy) is 1. The van der Waals surface area contributed by atoms with Gasteiger partial charge >= 0.3 is 0 Å². The van der Waals surface area contributed by atoms with E-state index in [0.717, 1.165) is 22.0 Å². The second-order valence-corrected chi connectivity index (χ2v) is 4.67. The Bertz CT molecular complexity index is 646. The number of pyridine rings is 1. The fourth-order valence-corrected chi connectivity index (χ4v) is 2.36. The smallest absolute Gasteiger partial charge is 0.139 e. The molecule has 0 aliphatic rings. The molecule has 0 aliphatic heterocycles. The Balaban J connectivity index is 1.97. The van der Waals surface area contributed by atoms with Crippen molar-refractivity contribution in [3.63, 3.8) is 0 Å². The molecule has 3 rings (SSSR count). The minimum absolute atomic E-state index is 0.735. The van der Waals surface area contributed by atoms with Crippen LogP contribution in [0.25, 0.3) is 16.3 Å². The van der Waals surface area contributed by atoms with Crippen LogP contribution >= 0.6 is 11.3 Å². The molecule has 0 fully saturated rings. The van der Waals surface area contributed by atoms with Gasteiger partial charge in [-0.2, -0.15) is 0 Å². The summed E-state index contributed by atoms with van der Waals surface area (Å²) in [4.78, 5) is 9.69. The van der Waals surface area contributed by atoms with Crippen molar-refractivity contribution >= 4 is 11.3 Å². The summed E-state index contributed by atoms with van der Waals surface area (Å²) >= 11 is 1.68. The quantitative estimate of drug-likeness (QED) is 0.724. The lowest BCUT2D eigenvalue weighted by Crippen LogP contribution is -1.92. The Kier molecular flexibility index (Phi) is 2.82. The van der Waals surface area contributed by atoms with E-state index in [4.69, 9.17) is 4.74 Å². The van der Waals surface area contributed by atoms with Gasteiger partial charge in [-0.05, 0) is 11.4 Å². The number of aromatic nitrogens is 3. The van der Waals surface area contributed by atoms with Gasteiger partial charge in [0.1, 0.15) is 5.75 Å². The van der Waals surface area contributed by atoms with Crippen LogP contribution in [0, 0.1) is 0 Å².